The predicted octanol–water partition coefficient (Wildman–Crippen LogP) is 4.87. The maximum atomic E-state index is 12.3. The number of aromatic nitrogens is 1. The van der Waals surface area contributed by atoms with Crippen LogP contribution < -0.4 is 10.1 Å². The molecular formula is C18H15ClN2O2S. The van der Waals surface area contributed by atoms with Gasteiger partial charge in [-0.05, 0) is 43.3 Å². The molecule has 0 aliphatic carbocycles. The number of amides is 1. The lowest BCUT2D eigenvalue weighted by Gasteiger charge is -2.15. The number of thiazole rings is 1. The fourth-order valence-corrected chi connectivity index (χ4v) is 2.87. The number of anilines is 1. The smallest absolute Gasteiger partial charge is 0.265 e. The maximum Gasteiger partial charge on any atom is 0.265 e. The first-order valence-corrected chi connectivity index (χ1v) is 8.60. The van der Waals surface area contributed by atoms with Gasteiger partial charge in [0.2, 0.25) is 0 Å². The molecule has 0 bridgehead atoms. The first-order valence-electron chi connectivity index (χ1n) is 7.35. The molecular weight excluding hydrogens is 344 g/mol. The zero-order valence-corrected chi connectivity index (χ0v) is 14.5. The van der Waals surface area contributed by atoms with Crippen LogP contribution in [0.1, 0.15) is 6.92 Å². The molecule has 3 rings (SSSR count). The van der Waals surface area contributed by atoms with Gasteiger partial charge >= 0.3 is 0 Å². The van der Waals surface area contributed by atoms with Gasteiger partial charge in [-0.15, -0.1) is 11.3 Å². The second-order valence-corrected chi connectivity index (χ2v) is 6.45. The average molecular weight is 359 g/mol. The molecule has 1 amide bonds. The summed E-state index contributed by atoms with van der Waals surface area (Å²) in [4.78, 5) is 16.6. The number of hydrogen-bond acceptors (Lipinski definition) is 4. The van der Waals surface area contributed by atoms with Crippen LogP contribution in [0, 0.1) is 0 Å². The number of carbonyl (C=O) groups is 1. The Kier molecular flexibility index (Phi) is 5.13. The zero-order valence-electron chi connectivity index (χ0n) is 12.9. The van der Waals surface area contributed by atoms with Crippen LogP contribution in [0.25, 0.3) is 10.6 Å². The Balaban J connectivity index is 1.66. The third kappa shape index (κ3) is 4.13. The Bertz CT molecular complexity index is 819. The van der Waals surface area contributed by atoms with Crippen molar-refractivity contribution in [3.63, 3.8) is 0 Å². The number of carbonyl (C=O) groups excluding carboxylic acids is 1. The molecule has 2 aromatic carbocycles. The summed E-state index contributed by atoms with van der Waals surface area (Å²) in [5.74, 6) is 0.375. The third-order valence-electron chi connectivity index (χ3n) is 3.31. The molecule has 1 atom stereocenters. The first kappa shape index (κ1) is 16.5. The molecule has 4 nitrogen and oxygen atoms in total. The molecule has 0 saturated heterocycles. The summed E-state index contributed by atoms with van der Waals surface area (Å²) >= 11 is 7.39. The number of nitrogens with one attached hydrogen (secondary N) is 1. The van der Waals surface area contributed by atoms with Crippen LogP contribution in [-0.4, -0.2) is 17.0 Å². The van der Waals surface area contributed by atoms with Crippen molar-refractivity contribution in [3.05, 3.63) is 65.1 Å². The van der Waals surface area contributed by atoms with Crippen molar-refractivity contribution in [1.29, 1.82) is 0 Å². The summed E-state index contributed by atoms with van der Waals surface area (Å²) < 4.78 is 5.62. The Morgan fingerprint density at radius 2 is 2.04 bits per heavy atom. The minimum Gasteiger partial charge on any atom is -0.481 e. The fourth-order valence-electron chi connectivity index (χ4n) is 2.11. The Labute approximate surface area is 149 Å². The predicted molar refractivity (Wildman–Crippen MR) is 97.7 cm³/mol. The lowest BCUT2D eigenvalue weighted by molar-refractivity contribution is -0.122. The van der Waals surface area contributed by atoms with E-state index < -0.39 is 6.10 Å². The van der Waals surface area contributed by atoms with Crippen LogP contribution in [-0.2, 0) is 4.79 Å². The molecule has 0 fully saturated rings. The van der Waals surface area contributed by atoms with E-state index in [0.717, 1.165) is 10.6 Å². The maximum absolute atomic E-state index is 12.3. The van der Waals surface area contributed by atoms with Gasteiger partial charge < -0.3 is 10.1 Å². The van der Waals surface area contributed by atoms with Crippen molar-refractivity contribution in [3.8, 4) is 16.3 Å². The van der Waals surface area contributed by atoms with Gasteiger partial charge in [-0.25, -0.2) is 4.98 Å². The minimum atomic E-state index is -0.630. The quantitative estimate of drug-likeness (QED) is 0.707. The Morgan fingerprint density at radius 3 is 2.75 bits per heavy atom. The lowest BCUT2D eigenvalue weighted by Crippen LogP contribution is -2.30. The summed E-state index contributed by atoms with van der Waals surface area (Å²) in [6.45, 7) is 1.70. The number of ether oxygens (including phenoxy) is 1. The third-order valence-corrected chi connectivity index (χ3v) is 4.38. The molecule has 1 unspecified atom stereocenters. The molecule has 3 aromatic rings. The average Bonchev–Trinajstić information content (AvgIpc) is 3.12. The normalized spacial score (nSPS) is 11.8. The number of hydrogen-bond donors (Lipinski definition) is 1. The van der Waals surface area contributed by atoms with Crippen molar-refractivity contribution in [2.45, 2.75) is 13.0 Å². The highest BCUT2D eigenvalue weighted by Gasteiger charge is 2.15. The molecule has 0 saturated carbocycles. The topological polar surface area (TPSA) is 51.2 Å². The molecule has 0 aliphatic rings. The van der Waals surface area contributed by atoms with E-state index in [0.29, 0.717) is 16.5 Å². The van der Waals surface area contributed by atoms with E-state index in [9.17, 15) is 4.79 Å². The van der Waals surface area contributed by atoms with Crippen LogP contribution >= 0.6 is 22.9 Å². The number of halogens is 1. The molecule has 24 heavy (non-hydrogen) atoms. The van der Waals surface area contributed by atoms with E-state index in [1.54, 1.807) is 48.7 Å². The van der Waals surface area contributed by atoms with E-state index in [1.165, 1.54) is 0 Å². The van der Waals surface area contributed by atoms with Crippen LogP contribution in [0.4, 0.5) is 5.69 Å². The number of rotatable bonds is 5. The van der Waals surface area contributed by atoms with Crippen LogP contribution in [0.5, 0.6) is 5.75 Å². The molecule has 1 heterocycles. The largest absolute Gasteiger partial charge is 0.481 e. The molecule has 1 aromatic heterocycles. The van der Waals surface area contributed by atoms with Crippen LogP contribution in [0.3, 0.4) is 0 Å². The van der Waals surface area contributed by atoms with E-state index in [2.05, 4.69) is 10.3 Å². The van der Waals surface area contributed by atoms with E-state index in [4.69, 9.17) is 16.3 Å². The SMILES string of the molecule is CC(Oc1ccc(Cl)cc1)C(=O)Nc1cccc(-c2nccs2)c1. The van der Waals surface area contributed by atoms with Crippen LogP contribution in [0.2, 0.25) is 5.02 Å². The van der Waals surface area contributed by atoms with E-state index >= 15 is 0 Å². The Morgan fingerprint density at radius 1 is 1.25 bits per heavy atom. The zero-order chi connectivity index (χ0) is 16.9. The second kappa shape index (κ2) is 7.47. The molecule has 0 spiro atoms. The summed E-state index contributed by atoms with van der Waals surface area (Å²) in [6, 6.07) is 14.5. The highest BCUT2D eigenvalue weighted by molar-refractivity contribution is 7.13. The summed E-state index contributed by atoms with van der Waals surface area (Å²) in [5, 5.41) is 6.32. The van der Waals surface area contributed by atoms with Gasteiger partial charge in [-0.1, -0.05) is 23.7 Å². The van der Waals surface area contributed by atoms with Gasteiger partial charge in [0.1, 0.15) is 10.8 Å². The molecule has 0 radical (unpaired) electrons. The standard InChI is InChI=1S/C18H15ClN2O2S/c1-12(23-16-7-5-14(19)6-8-16)17(22)21-15-4-2-3-13(11-15)18-20-9-10-24-18/h2-12H,1H3,(H,21,22). The number of benzene rings is 2. The van der Waals surface area contributed by atoms with Gasteiger partial charge in [0.25, 0.3) is 5.91 Å². The summed E-state index contributed by atoms with van der Waals surface area (Å²) in [5.41, 5.74) is 1.67. The second-order valence-electron chi connectivity index (χ2n) is 5.12. The molecule has 6 heteroatoms. The fraction of sp³-hybridized carbons (Fsp3) is 0.111. The Hall–Kier alpha value is -2.37. The van der Waals surface area contributed by atoms with Crippen molar-refractivity contribution in [2.75, 3.05) is 5.32 Å². The first-order chi connectivity index (χ1) is 11.6. The van der Waals surface area contributed by atoms with Gasteiger partial charge in [0, 0.05) is 27.9 Å². The highest BCUT2D eigenvalue weighted by Crippen LogP contribution is 2.24. The van der Waals surface area contributed by atoms with E-state index in [1.807, 2.05) is 29.6 Å². The monoisotopic (exact) mass is 358 g/mol. The van der Waals surface area contributed by atoms with Crippen LogP contribution in [0.15, 0.2) is 60.1 Å². The van der Waals surface area contributed by atoms with Crippen molar-refractivity contribution in [2.24, 2.45) is 0 Å². The van der Waals surface area contributed by atoms with Crippen molar-refractivity contribution in [1.82, 2.24) is 4.98 Å². The summed E-state index contributed by atoms with van der Waals surface area (Å²) in [6.07, 6.45) is 1.13. The molecule has 1 N–H and O–H groups in total. The van der Waals surface area contributed by atoms with Gasteiger partial charge in [-0.3, -0.25) is 4.79 Å². The highest BCUT2D eigenvalue weighted by atomic mass is 35.5. The van der Waals surface area contributed by atoms with Crippen molar-refractivity contribution < 1.29 is 9.53 Å². The van der Waals surface area contributed by atoms with Gasteiger partial charge in [0.15, 0.2) is 6.10 Å². The van der Waals surface area contributed by atoms with Gasteiger partial charge in [-0.2, -0.15) is 0 Å². The molecule has 122 valence electrons. The van der Waals surface area contributed by atoms with Crippen molar-refractivity contribution >= 4 is 34.5 Å². The number of nitrogens with zero attached hydrogens (tertiary/aromatic N) is 1. The summed E-state index contributed by atoms with van der Waals surface area (Å²) in [7, 11) is 0. The lowest BCUT2D eigenvalue weighted by atomic mass is 10.2. The molecule has 0 aliphatic heterocycles. The minimum absolute atomic E-state index is 0.221. The van der Waals surface area contributed by atoms with Gasteiger partial charge in [0.05, 0.1) is 0 Å². The van der Waals surface area contributed by atoms with E-state index in [-0.39, 0.29) is 5.91 Å².